The third kappa shape index (κ3) is 1.97. The van der Waals surface area contributed by atoms with Gasteiger partial charge in [-0.3, -0.25) is 4.79 Å². The van der Waals surface area contributed by atoms with Crippen molar-refractivity contribution in [2.24, 2.45) is 0 Å². The normalized spacial score (nSPS) is 10.4. The Morgan fingerprint density at radius 3 is 2.69 bits per heavy atom. The molecule has 0 aliphatic rings. The van der Waals surface area contributed by atoms with E-state index in [9.17, 15) is 4.79 Å². The molecule has 4 nitrogen and oxygen atoms in total. The van der Waals surface area contributed by atoms with E-state index >= 15 is 0 Å². The van der Waals surface area contributed by atoms with Crippen molar-refractivity contribution in [1.82, 2.24) is 15.0 Å². The number of hydrogen-bond acceptors (Lipinski definition) is 3. The summed E-state index contributed by atoms with van der Waals surface area (Å²) in [4.78, 5) is 13.2. The van der Waals surface area contributed by atoms with Gasteiger partial charge in [0.1, 0.15) is 0 Å². The average Bonchev–Trinajstić information content (AvgIpc) is 2.81. The second kappa shape index (κ2) is 4.45. The maximum absolute atomic E-state index is 11.8. The molecular formula is C11H10ClN3O. The number of Topliss-reactive ketones (excluding diaryl/α,β-unsaturated/α-hetero) is 1. The maximum atomic E-state index is 11.8. The fourth-order valence-electron chi connectivity index (χ4n) is 1.44. The highest BCUT2D eigenvalue weighted by atomic mass is 35.5. The van der Waals surface area contributed by atoms with Crippen LogP contribution in [0.1, 0.15) is 23.7 Å². The SMILES string of the molecule is CCC(=O)c1cc(Cl)ccc1-n1nccn1. The van der Waals surface area contributed by atoms with E-state index in [0.29, 0.717) is 22.7 Å². The van der Waals surface area contributed by atoms with Gasteiger partial charge >= 0.3 is 0 Å². The number of benzene rings is 1. The number of carbonyl (C=O) groups is 1. The van der Waals surface area contributed by atoms with E-state index in [4.69, 9.17) is 11.6 Å². The second-order valence-electron chi connectivity index (χ2n) is 3.26. The second-order valence-corrected chi connectivity index (χ2v) is 3.69. The first kappa shape index (κ1) is 10.8. The fourth-order valence-corrected chi connectivity index (χ4v) is 1.61. The highest BCUT2D eigenvalue weighted by Gasteiger charge is 2.12. The van der Waals surface area contributed by atoms with Gasteiger partial charge in [0.15, 0.2) is 5.78 Å². The van der Waals surface area contributed by atoms with Crippen LogP contribution in [-0.2, 0) is 0 Å². The van der Waals surface area contributed by atoms with Gasteiger partial charge in [0.25, 0.3) is 0 Å². The Bertz CT molecular complexity index is 508. The van der Waals surface area contributed by atoms with Gasteiger partial charge in [-0.25, -0.2) is 0 Å². The van der Waals surface area contributed by atoms with Crippen molar-refractivity contribution >= 4 is 17.4 Å². The van der Waals surface area contributed by atoms with Gasteiger partial charge < -0.3 is 0 Å². The summed E-state index contributed by atoms with van der Waals surface area (Å²) in [5, 5.41) is 8.54. The number of nitrogens with zero attached hydrogens (tertiary/aromatic N) is 3. The van der Waals surface area contributed by atoms with E-state index in [-0.39, 0.29) is 5.78 Å². The molecule has 0 bridgehead atoms. The predicted octanol–water partition coefficient (Wildman–Crippen LogP) is 2.51. The first-order valence-electron chi connectivity index (χ1n) is 4.92. The van der Waals surface area contributed by atoms with Crippen molar-refractivity contribution in [3.8, 4) is 5.69 Å². The molecular weight excluding hydrogens is 226 g/mol. The molecule has 0 aliphatic heterocycles. The minimum Gasteiger partial charge on any atom is -0.294 e. The summed E-state index contributed by atoms with van der Waals surface area (Å²) in [6.07, 6.45) is 3.55. The molecule has 0 saturated carbocycles. The zero-order valence-corrected chi connectivity index (χ0v) is 9.48. The fraction of sp³-hybridized carbons (Fsp3) is 0.182. The molecule has 0 saturated heterocycles. The van der Waals surface area contributed by atoms with Gasteiger partial charge in [0.2, 0.25) is 0 Å². The molecule has 1 heterocycles. The van der Waals surface area contributed by atoms with Gasteiger partial charge in [-0.15, -0.1) is 0 Å². The Morgan fingerprint density at radius 1 is 1.38 bits per heavy atom. The number of ketones is 1. The molecule has 0 N–H and O–H groups in total. The monoisotopic (exact) mass is 235 g/mol. The molecule has 1 aromatic carbocycles. The summed E-state index contributed by atoms with van der Waals surface area (Å²) in [5.41, 5.74) is 1.20. The number of hydrogen-bond donors (Lipinski definition) is 0. The molecule has 0 atom stereocenters. The van der Waals surface area contributed by atoms with Crippen LogP contribution in [0.3, 0.4) is 0 Å². The zero-order valence-electron chi connectivity index (χ0n) is 8.72. The summed E-state index contributed by atoms with van der Waals surface area (Å²) in [7, 11) is 0. The van der Waals surface area contributed by atoms with Crippen LogP contribution in [0.15, 0.2) is 30.6 Å². The van der Waals surface area contributed by atoms with E-state index < -0.39 is 0 Å². The predicted molar refractivity (Wildman–Crippen MR) is 61.0 cm³/mol. The molecule has 0 spiro atoms. The average molecular weight is 236 g/mol. The van der Waals surface area contributed by atoms with Crippen molar-refractivity contribution in [1.29, 1.82) is 0 Å². The lowest BCUT2D eigenvalue weighted by atomic mass is 10.1. The van der Waals surface area contributed by atoms with Crippen molar-refractivity contribution in [2.75, 3.05) is 0 Å². The lowest BCUT2D eigenvalue weighted by Crippen LogP contribution is -2.07. The topological polar surface area (TPSA) is 47.8 Å². The first-order chi connectivity index (χ1) is 7.72. The number of rotatable bonds is 3. The molecule has 5 heteroatoms. The summed E-state index contributed by atoms with van der Waals surface area (Å²) >= 11 is 5.88. The van der Waals surface area contributed by atoms with Crippen LogP contribution in [0.4, 0.5) is 0 Å². The molecule has 0 unspecified atom stereocenters. The van der Waals surface area contributed by atoms with Gasteiger partial charge in [0.05, 0.1) is 18.1 Å². The minimum atomic E-state index is 0.0230. The van der Waals surface area contributed by atoms with E-state index in [1.807, 2.05) is 6.92 Å². The van der Waals surface area contributed by atoms with Crippen molar-refractivity contribution in [3.63, 3.8) is 0 Å². The highest BCUT2D eigenvalue weighted by Crippen LogP contribution is 2.19. The quantitative estimate of drug-likeness (QED) is 0.768. The third-order valence-electron chi connectivity index (χ3n) is 2.21. The number of aromatic nitrogens is 3. The van der Waals surface area contributed by atoms with Crippen LogP contribution in [-0.4, -0.2) is 20.8 Å². The molecule has 0 fully saturated rings. The third-order valence-corrected chi connectivity index (χ3v) is 2.45. The van der Waals surface area contributed by atoms with Crippen LogP contribution in [0.5, 0.6) is 0 Å². The van der Waals surface area contributed by atoms with Crippen LogP contribution in [0.2, 0.25) is 5.02 Å². The number of carbonyl (C=O) groups excluding carboxylic acids is 1. The van der Waals surface area contributed by atoms with E-state index in [2.05, 4.69) is 10.2 Å². The summed E-state index contributed by atoms with van der Waals surface area (Å²) in [6.45, 7) is 1.81. The molecule has 82 valence electrons. The molecule has 0 amide bonds. The molecule has 2 aromatic rings. The molecule has 1 aromatic heterocycles. The molecule has 0 aliphatic carbocycles. The van der Waals surface area contributed by atoms with Crippen LogP contribution < -0.4 is 0 Å². The summed E-state index contributed by atoms with van der Waals surface area (Å²) < 4.78 is 0. The highest BCUT2D eigenvalue weighted by molar-refractivity contribution is 6.31. The van der Waals surface area contributed by atoms with E-state index in [0.717, 1.165) is 0 Å². The first-order valence-corrected chi connectivity index (χ1v) is 5.29. The van der Waals surface area contributed by atoms with E-state index in [1.54, 1.807) is 30.6 Å². The van der Waals surface area contributed by atoms with Gasteiger partial charge in [-0.2, -0.15) is 15.0 Å². The van der Waals surface area contributed by atoms with Crippen LogP contribution in [0, 0.1) is 0 Å². The van der Waals surface area contributed by atoms with Crippen LogP contribution in [0.25, 0.3) is 5.69 Å². The molecule has 2 rings (SSSR count). The smallest absolute Gasteiger partial charge is 0.164 e. The molecule has 0 radical (unpaired) electrons. The Kier molecular flexibility index (Phi) is 3.01. The van der Waals surface area contributed by atoms with Gasteiger partial charge in [-0.1, -0.05) is 18.5 Å². The summed E-state index contributed by atoms with van der Waals surface area (Å²) in [6, 6.07) is 5.10. The number of halogens is 1. The summed E-state index contributed by atoms with van der Waals surface area (Å²) in [5.74, 6) is 0.0230. The zero-order chi connectivity index (χ0) is 11.5. The Hall–Kier alpha value is -1.68. The maximum Gasteiger partial charge on any atom is 0.164 e. The Morgan fingerprint density at radius 2 is 2.06 bits per heavy atom. The van der Waals surface area contributed by atoms with Crippen LogP contribution >= 0.6 is 11.6 Å². The Labute approximate surface area is 97.8 Å². The van der Waals surface area contributed by atoms with Gasteiger partial charge in [-0.05, 0) is 18.2 Å². The van der Waals surface area contributed by atoms with E-state index in [1.165, 1.54) is 4.80 Å². The minimum absolute atomic E-state index is 0.0230. The standard InChI is InChI=1S/C11H10ClN3O/c1-2-11(16)9-7-8(12)3-4-10(9)15-13-5-6-14-15/h3-7H,2H2,1H3. The largest absolute Gasteiger partial charge is 0.294 e. The lowest BCUT2D eigenvalue weighted by molar-refractivity contribution is 0.0988. The molecule has 16 heavy (non-hydrogen) atoms. The van der Waals surface area contributed by atoms with Crippen molar-refractivity contribution in [2.45, 2.75) is 13.3 Å². The Balaban J connectivity index is 2.57. The lowest BCUT2D eigenvalue weighted by Gasteiger charge is -2.06. The van der Waals surface area contributed by atoms with Gasteiger partial charge in [0, 0.05) is 17.0 Å². The van der Waals surface area contributed by atoms with Crippen molar-refractivity contribution in [3.05, 3.63) is 41.2 Å². The van der Waals surface area contributed by atoms with Crippen molar-refractivity contribution < 1.29 is 4.79 Å².